The van der Waals surface area contributed by atoms with Crippen LogP contribution in [0.15, 0.2) is 41.0 Å². The molecule has 2 N–H and O–H groups in total. The van der Waals surface area contributed by atoms with Gasteiger partial charge in [0, 0.05) is 6.54 Å². The van der Waals surface area contributed by atoms with Gasteiger partial charge in [0.1, 0.15) is 5.76 Å². The highest BCUT2D eigenvalue weighted by molar-refractivity contribution is 5.41. The van der Waals surface area contributed by atoms with Crippen molar-refractivity contribution in [3.63, 3.8) is 0 Å². The minimum Gasteiger partial charge on any atom is -0.504 e. The number of nitrogens with one attached hydrogen (secondary N) is 1. The topological polar surface area (TPSA) is 54.6 Å². The number of hydrogen-bond donors (Lipinski definition) is 2. The Kier molecular flexibility index (Phi) is 4.47. The van der Waals surface area contributed by atoms with E-state index in [0.29, 0.717) is 18.9 Å². The Balaban J connectivity index is 1.97. The van der Waals surface area contributed by atoms with Crippen molar-refractivity contribution in [1.82, 2.24) is 5.32 Å². The summed E-state index contributed by atoms with van der Waals surface area (Å²) in [5.74, 6) is 1.60. The van der Waals surface area contributed by atoms with E-state index in [4.69, 9.17) is 9.15 Å². The van der Waals surface area contributed by atoms with Crippen molar-refractivity contribution in [2.24, 2.45) is 0 Å². The summed E-state index contributed by atoms with van der Waals surface area (Å²) in [5.41, 5.74) is 1.06. The van der Waals surface area contributed by atoms with Crippen molar-refractivity contribution in [2.45, 2.75) is 26.4 Å². The zero-order chi connectivity index (χ0) is 13.7. The van der Waals surface area contributed by atoms with Gasteiger partial charge in [0.25, 0.3) is 0 Å². The van der Waals surface area contributed by atoms with Crippen LogP contribution < -0.4 is 10.1 Å². The lowest BCUT2D eigenvalue weighted by Crippen LogP contribution is -2.17. The molecule has 1 atom stereocenters. The molecule has 0 fully saturated rings. The smallest absolute Gasteiger partial charge is 0.161 e. The van der Waals surface area contributed by atoms with Crippen molar-refractivity contribution < 1.29 is 14.3 Å². The van der Waals surface area contributed by atoms with E-state index in [1.165, 1.54) is 0 Å². The molecule has 0 aliphatic carbocycles. The average molecular weight is 261 g/mol. The highest BCUT2D eigenvalue weighted by Gasteiger charge is 2.08. The Hall–Kier alpha value is -1.94. The van der Waals surface area contributed by atoms with E-state index in [9.17, 15) is 5.11 Å². The molecular weight excluding hydrogens is 242 g/mol. The number of aromatic hydroxyl groups is 1. The van der Waals surface area contributed by atoms with E-state index < -0.39 is 0 Å². The molecule has 1 aromatic heterocycles. The van der Waals surface area contributed by atoms with Crippen LogP contribution >= 0.6 is 0 Å². The summed E-state index contributed by atoms with van der Waals surface area (Å²) in [6, 6.07) is 9.33. The normalized spacial score (nSPS) is 12.3. The first-order chi connectivity index (χ1) is 9.20. The minimum absolute atomic E-state index is 0.138. The molecule has 0 unspecified atom stereocenters. The highest BCUT2D eigenvalue weighted by Crippen LogP contribution is 2.27. The molecule has 102 valence electrons. The second kappa shape index (κ2) is 6.29. The second-order valence-electron chi connectivity index (χ2n) is 4.35. The van der Waals surface area contributed by atoms with E-state index in [-0.39, 0.29) is 11.8 Å². The first-order valence-electron chi connectivity index (χ1n) is 6.42. The number of rotatable bonds is 6. The number of benzene rings is 1. The number of furan rings is 1. The van der Waals surface area contributed by atoms with E-state index >= 15 is 0 Å². The van der Waals surface area contributed by atoms with Crippen LogP contribution in [-0.4, -0.2) is 11.7 Å². The van der Waals surface area contributed by atoms with Crippen LogP contribution in [0.1, 0.15) is 31.2 Å². The van der Waals surface area contributed by atoms with Gasteiger partial charge in [-0.05, 0) is 43.7 Å². The van der Waals surface area contributed by atoms with Crippen LogP contribution in [0.3, 0.4) is 0 Å². The summed E-state index contributed by atoms with van der Waals surface area (Å²) in [5, 5.41) is 13.0. The molecule has 0 spiro atoms. The van der Waals surface area contributed by atoms with Crippen LogP contribution in [0.2, 0.25) is 0 Å². The fourth-order valence-corrected chi connectivity index (χ4v) is 1.85. The van der Waals surface area contributed by atoms with Crippen molar-refractivity contribution in [3.05, 3.63) is 47.9 Å². The van der Waals surface area contributed by atoms with E-state index in [0.717, 1.165) is 11.3 Å². The van der Waals surface area contributed by atoms with Gasteiger partial charge in [0.05, 0.1) is 18.9 Å². The minimum atomic E-state index is 0.138. The molecule has 19 heavy (non-hydrogen) atoms. The monoisotopic (exact) mass is 261 g/mol. The summed E-state index contributed by atoms with van der Waals surface area (Å²) in [4.78, 5) is 0. The van der Waals surface area contributed by atoms with Gasteiger partial charge < -0.3 is 19.6 Å². The number of phenolic OH excluding ortho intramolecular Hbond substituents is 1. The van der Waals surface area contributed by atoms with E-state index in [1.54, 1.807) is 12.3 Å². The molecule has 2 rings (SSSR count). The molecule has 0 saturated carbocycles. The van der Waals surface area contributed by atoms with Crippen LogP contribution in [0, 0.1) is 0 Å². The molecule has 0 saturated heterocycles. The summed E-state index contributed by atoms with van der Waals surface area (Å²) in [7, 11) is 0. The lowest BCUT2D eigenvalue weighted by atomic mass is 10.2. The second-order valence-corrected chi connectivity index (χ2v) is 4.35. The molecule has 4 nitrogen and oxygen atoms in total. The largest absolute Gasteiger partial charge is 0.504 e. The lowest BCUT2D eigenvalue weighted by molar-refractivity contribution is 0.317. The maximum absolute atomic E-state index is 9.63. The predicted molar refractivity (Wildman–Crippen MR) is 73.2 cm³/mol. The van der Waals surface area contributed by atoms with Gasteiger partial charge in [-0.15, -0.1) is 0 Å². The fourth-order valence-electron chi connectivity index (χ4n) is 1.85. The van der Waals surface area contributed by atoms with Gasteiger partial charge in [0.15, 0.2) is 11.5 Å². The van der Waals surface area contributed by atoms with Crippen molar-refractivity contribution in [3.8, 4) is 11.5 Å². The van der Waals surface area contributed by atoms with Crippen LogP contribution in [0.4, 0.5) is 0 Å². The third-order valence-corrected chi connectivity index (χ3v) is 2.91. The summed E-state index contributed by atoms with van der Waals surface area (Å²) < 4.78 is 10.7. The third kappa shape index (κ3) is 3.51. The van der Waals surface area contributed by atoms with Crippen LogP contribution in [0.5, 0.6) is 11.5 Å². The number of phenols is 1. The molecule has 1 heterocycles. The first-order valence-corrected chi connectivity index (χ1v) is 6.42. The van der Waals surface area contributed by atoms with Crippen molar-refractivity contribution in [1.29, 1.82) is 0 Å². The standard InChI is InChI=1S/C15H19NO3/c1-3-18-15-9-12(6-7-13(15)17)10-16-11(2)14-5-4-8-19-14/h4-9,11,16-17H,3,10H2,1-2H3/t11-/m1/s1. The van der Waals surface area contributed by atoms with E-state index in [2.05, 4.69) is 5.32 Å². The number of ether oxygens (including phenoxy) is 1. The summed E-state index contributed by atoms with van der Waals surface area (Å²) >= 11 is 0. The van der Waals surface area contributed by atoms with Gasteiger partial charge in [-0.2, -0.15) is 0 Å². The number of hydrogen-bond acceptors (Lipinski definition) is 4. The fraction of sp³-hybridized carbons (Fsp3) is 0.333. The predicted octanol–water partition coefficient (Wildman–Crippen LogP) is 3.23. The van der Waals surface area contributed by atoms with Gasteiger partial charge >= 0.3 is 0 Å². The van der Waals surface area contributed by atoms with Gasteiger partial charge in [-0.1, -0.05) is 6.07 Å². The summed E-state index contributed by atoms with van der Waals surface area (Å²) in [6.07, 6.45) is 1.67. The van der Waals surface area contributed by atoms with Crippen LogP contribution in [0.25, 0.3) is 0 Å². The van der Waals surface area contributed by atoms with Crippen molar-refractivity contribution >= 4 is 0 Å². The maximum atomic E-state index is 9.63. The Morgan fingerprint density at radius 1 is 1.37 bits per heavy atom. The molecule has 0 amide bonds. The molecular formula is C15H19NO3. The molecule has 0 aliphatic heterocycles. The lowest BCUT2D eigenvalue weighted by Gasteiger charge is -2.12. The zero-order valence-electron chi connectivity index (χ0n) is 11.2. The first kappa shape index (κ1) is 13.5. The van der Waals surface area contributed by atoms with Crippen LogP contribution in [-0.2, 0) is 6.54 Å². The Labute approximate surface area is 113 Å². The Morgan fingerprint density at radius 3 is 2.89 bits per heavy atom. The average Bonchev–Trinajstić information content (AvgIpc) is 2.93. The highest BCUT2D eigenvalue weighted by atomic mass is 16.5. The molecule has 0 radical (unpaired) electrons. The van der Waals surface area contributed by atoms with Crippen molar-refractivity contribution in [2.75, 3.05) is 6.61 Å². The SMILES string of the molecule is CCOc1cc(CN[C@H](C)c2ccco2)ccc1O. The molecule has 4 heteroatoms. The van der Waals surface area contributed by atoms with Gasteiger partial charge in [-0.3, -0.25) is 0 Å². The zero-order valence-corrected chi connectivity index (χ0v) is 11.2. The quantitative estimate of drug-likeness (QED) is 0.838. The molecule has 0 bridgehead atoms. The molecule has 1 aromatic carbocycles. The molecule has 2 aromatic rings. The van der Waals surface area contributed by atoms with Gasteiger partial charge in [0.2, 0.25) is 0 Å². The van der Waals surface area contributed by atoms with E-state index in [1.807, 2.05) is 38.1 Å². The summed E-state index contributed by atoms with van der Waals surface area (Å²) in [6.45, 7) is 5.15. The Bertz CT molecular complexity index is 508. The third-order valence-electron chi connectivity index (χ3n) is 2.91. The molecule has 0 aliphatic rings. The van der Waals surface area contributed by atoms with Gasteiger partial charge in [-0.25, -0.2) is 0 Å². The maximum Gasteiger partial charge on any atom is 0.161 e. The Morgan fingerprint density at radius 2 is 2.21 bits per heavy atom.